The second-order valence-corrected chi connectivity index (χ2v) is 3.85. The number of rotatable bonds is 3. The number of carbonyl (C=O) groups excluding carboxylic acids is 1. The molecule has 0 saturated carbocycles. The van der Waals surface area contributed by atoms with E-state index >= 15 is 0 Å². The molecule has 1 aromatic heterocycles. The molecule has 0 aromatic carbocycles. The van der Waals surface area contributed by atoms with Crippen molar-refractivity contribution in [2.45, 2.75) is 32.4 Å². The minimum Gasteiger partial charge on any atom is -0.391 e. The van der Waals surface area contributed by atoms with Gasteiger partial charge in [-0.2, -0.15) is 0 Å². The first kappa shape index (κ1) is 11.4. The van der Waals surface area contributed by atoms with Crippen molar-refractivity contribution in [3.05, 3.63) is 5.69 Å². The fourth-order valence-corrected chi connectivity index (χ4v) is 0.809. The van der Waals surface area contributed by atoms with Gasteiger partial charge in [-0.15, -0.1) is 0 Å². The van der Waals surface area contributed by atoms with E-state index in [-0.39, 0.29) is 11.5 Å². The lowest BCUT2D eigenvalue weighted by atomic mass is 9.98. The zero-order chi connectivity index (χ0) is 11.6. The second kappa shape index (κ2) is 3.85. The van der Waals surface area contributed by atoms with E-state index in [4.69, 9.17) is 5.73 Å². The summed E-state index contributed by atoms with van der Waals surface area (Å²) in [7, 11) is 0. The Morgan fingerprint density at radius 1 is 1.60 bits per heavy atom. The topological polar surface area (TPSA) is 114 Å². The van der Waals surface area contributed by atoms with Gasteiger partial charge in [-0.3, -0.25) is 4.79 Å². The summed E-state index contributed by atoms with van der Waals surface area (Å²) in [4.78, 5) is 11.6. The molecule has 1 heterocycles. The van der Waals surface area contributed by atoms with Crippen LogP contribution in [0.1, 0.15) is 31.3 Å². The van der Waals surface area contributed by atoms with Crippen LogP contribution < -0.4 is 11.1 Å². The van der Waals surface area contributed by atoms with Crippen LogP contribution in [0.4, 0.5) is 5.82 Å². The third-order valence-corrected chi connectivity index (χ3v) is 2.21. The van der Waals surface area contributed by atoms with Gasteiger partial charge < -0.3 is 16.2 Å². The summed E-state index contributed by atoms with van der Waals surface area (Å²) in [6, 6.07) is 0. The van der Waals surface area contributed by atoms with E-state index < -0.39 is 17.6 Å². The number of nitrogens with one attached hydrogen (secondary N) is 1. The number of nitrogens with zero attached hydrogens (tertiary/aromatic N) is 2. The van der Waals surface area contributed by atoms with E-state index in [1.165, 1.54) is 0 Å². The van der Waals surface area contributed by atoms with Crippen LogP contribution in [0, 0.1) is 0 Å². The number of carbonyl (C=O) groups is 1. The molecule has 1 unspecified atom stereocenters. The summed E-state index contributed by atoms with van der Waals surface area (Å²) < 4.78 is 4.29. The third-order valence-electron chi connectivity index (χ3n) is 2.21. The van der Waals surface area contributed by atoms with Crippen LogP contribution in [-0.2, 0) is 0 Å². The number of amides is 1. The summed E-state index contributed by atoms with van der Waals surface area (Å²) in [5, 5.41) is 18.6. The molecule has 0 aliphatic carbocycles. The van der Waals surface area contributed by atoms with Gasteiger partial charge in [0.05, 0.1) is 11.6 Å². The molecule has 1 atom stereocenters. The molecular formula is C8H14N4O3. The smallest absolute Gasteiger partial charge is 0.277 e. The van der Waals surface area contributed by atoms with E-state index in [1.54, 1.807) is 20.8 Å². The molecule has 0 spiro atoms. The molecule has 7 heteroatoms. The zero-order valence-corrected chi connectivity index (χ0v) is 8.81. The first-order chi connectivity index (χ1) is 6.84. The van der Waals surface area contributed by atoms with Gasteiger partial charge in [0.1, 0.15) is 0 Å². The van der Waals surface area contributed by atoms with Crippen LogP contribution in [0.2, 0.25) is 0 Å². The Labute approximate surface area is 86.6 Å². The van der Waals surface area contributed by atoms with Crippen LogP contribution in [0.3, 0.4) is 0 Å². The van der Waals surface area contributed by atoms with Gasteiger partial charge in [0.25, 0.3) is 5.91 Å². The first-order valence-electron chi connectivity index (χ1n) is 4.43. The molecule has 84 valence electrons. The number of nitrogen functional groups attached to an aromatic ring is 1. The largest absolute Gasteiger partial charge is 0.391 e. The highest BCUT2D eigenvalue weighted by molar-refractivity contribution is 5.96. The van der Waals surface area contributed by atoms with E-state index in [1.807, 2.05) is 0 Å². The van der Waals surface area contributed by atoms with Crippen molar-refractivity contribution in [2.75, 3.05) is 5.73 Å². The molecular weight excluding hydrogens is 200 g/mol. The standard InChI is InChI=1S/C8H14N4O3/c1-4(13)8(2,3)10-7(14)5-6(9)12-15-11-5/h4,13H,1-3H3,(H2,9,12)(H,10,14). The highest BCUT2D eigenvalue weighted by atomic mass is 16.6. The van der Waals surface area contributed by atoms with Gasteiger partial charge in [0.15, 0.2) is 0 Å². The Kier molecular flexibility index (Phi) is 2.94. The highest BCUT2D eigenvalue weighted by Crippen LogP contribution is 2.11. The van der Waals surface area contributed by atoms with Crippen LogP contribution in [0.25, 0.3) is 0 Å². The fraction of sp³-hybridized carbons (Fsp3) is 0.625. The van der Waals surface area contributed by atoms with Gasteiger partial charge in [0, 0.05) is 0 Å². The Balaban J connectivity index is 2.77. The maximum atomic E-state index is 11.6. The van der Waals surface area contributed by atoms with E-state index in [0.717, 1.165) is 0 Å². The molecule has 0 fully saturated rings. The molecule has 0 saturated heterocycles. The minimum atomic E-state index is -0.775. The van der Waals surface area contributed by atoms with Gasteiger partial charge in [0.2, 0.25) is 11.5 Å². The van der Waals surface area contributed by atoms with E-state index in [0.29, 0.717) is 0 Å². The van der Waals surface area contributed by atoms with Crippen molar-refractivity contribution in [1.82, 2.24) is 15.6 Å². The first-order valence-corrected chi connectivity index (χ1v) is 4.43. The number of hydrogen-bond acceptors (Lipinski definition) is 6. The predicted molar refractivity (Wildman–Crippen MR) is 51.9 cm³/mol. The van der Waals surface area contributed by atoms with Crippen molar-refractivity contribution in [3.8, 4) is 0 Å². The van der Waals surface area contributed by atoms with Crippen molar-refractivity contribution >= 4 is 11.7 Å². The molecule has 1 aromatic rings. The number of aliphatic hydroxyl groups excluding tert-OH is 1. The highest BCUT2D eigenvalue weighted by Gasteiger charge is 2.28. The summed E-state index contributed by atoms with van der Waals surface area (Å²) in [5.41, 5.74) is 4.49. The van der Waals surface area contributed by atoms with E-state index in [2.05, 4.69) is 20.3 Å². The lowest BCUT2D eigenvalue weighted by Crippen LogP contribution is -2.51. The number of aliphatic hydroxyl groups is 1. The van der Waals surface area contributed by atoms with Crippen molar-refractivity contribution < 1.29 is 14.5 Å². The quantitative estimate of drug-likeness (QED) is 0.627. The Bertz CT molecular complexity index is 359. The Morgan fingerprint density at radius 3 is 2.60 bits per heavy atom. The van der Waals surface area contributed by atoms with Gasteiger partial charge in [-0.05, 0) is 31.1 Å². The number of nitrogens with two attached hydrogens (primary N) is 1. The molecule has 0 bridgehead atoms. The normalized spacial score (nSPS) is 13.6. The zero-order valence-electron chi connectivity index (χ0n) is 8.81. The lowest BCUT2D eigenvalue weighted by molar-refractivity contribution is 0.0702. The maximum Gasteiger partial charge on any atom is 0.277 e. The number of anilines is 1. The van der Waals surface area contributed by atoms with Crippen LogP contribution >= 0.6 is 0 Å². The molecule has 0 radical (unpaired) electrons. The monoisotopic (exact) mass is 214 g/mol. The van der Waals surface area contributed by atoms with Crippen LogP contribution in [0.15, 0.2) is 4.63 Å². The average molecular weight is 214 g/mol. The Hall–Kier alpha value is -1.63. The van der Waals surface area contributed by atoms with Crippen LogP contribution in [-0.4, -0.2) is 33.0 Å². The van der Waals surface area contributed by atoms with Crippen molar-refractivity contribution in [3.63, 3.8) is 0 Å². The third kappa shape index (κ3) is 2.44. The molecule has 0 aliphatic heterocycles. The summed E-state index contributed by atoms with van der Waals surface area (Å²) in [6.45, 7) is 4.93. The summed E-state index contributed by atoms with van der Waals surface area (Å²) in [6.07, 6.45) is -0.706. The fourth-order valence-electron chi connectivity index (χ4n) is 0.809. The maximum absolute atomic E-state index is 11.6. The van der Waals surface area contributed by atoms with Crippen LogP contribution in [0.5, 0.6) is 0 Å². The predicted octanol–water partition coefficient (Wildman–Crippen LogP) is -0.459. The molecule has 1 rings (SSSR count). The molecule has 4 N–H and O–H groups in total. The second-order valence-electron chi connectivity index (χ2n) is 3.85. The van der Waals surface area contributed by atoms with Crippen molar-refractivity contribution in [2.24, 2.45) is 0 Å². The number of aromatic nitrogens is 2. The summed E-state index contributed by atoms with van der Waals surface area (Å²) in [5.74, 6) is -0.603. The van der Waals surface area contributed by atoms with Gasteiger partial charge in [-0.25, -0.2) is 4.63 Å². The van der Waals surface area contributed by atoms with E-state index in [9.17, 15) is 9.90 Å². The molecule has 0 aliphatic rings. The van der Waals surface area contributed by atoms with Gasteiger partial charge >= 0.3 is 0 Å². The lowest BCUT2D eigenvalue weighted by Gasteiger charge is -2.28. The van der Waals surface area contributed by atoms with Crippen molar-refractivity contribution in [1.29, 1.82) is 0 Å². The minimum absolute atomic E-state index is 0.0751. The Morgan fingerprint density at radius 2 is 2.20 bits per heavy atom. The number of hydrogen-bond donors (Lipinski definition) is 3. The average Bonchev–Trinajstić information content (AvgIpc) is 2.50. The molecule has 7 nitrogen and oxygen atoms in total. The SMILES string of the molecule is CC(O)C(C)(C)NC(=O)c1nonc1N. The molecule has 15 heavy (non-hydrogen) atoms. The van der Waals surface area contributed by atoms with Gasteiger partial charge in [-0.1, -0.05) is 0 Å². The molecule has 1 amide bonds. The summed E-state index contributed by atoms with van der Waals surface area (Å²) >= 11 is 0.